The van der Waals surface area contributed by atoms with Crippen LogP contribution in [0.15, 0.2) is 111 Å². The van der Waals surface area contributed by atoms with Crippen LogP contribution < -0.4 is 0 Å². The van der Waals surface area contributed by atoms with Gasteiger partial charge in [0.05, 0.1) is 0 Å². The Bertz CT molecular complexity index is 1120. The fourth-order valence-electron chi connectivity index (χ4n) is 2.91. The molecule has 3 aromatic rings. The topological polar surface area (TPSA) is 54.4 Å². The second-order valence-corrected chi connectivity index (χ2v) is 7.69. The summed E-state index contributed by atoms with van der Waals surface area (Å²) >= 11 is 0. The van der Waals surface area contributed by atoms with Crippen molar-refractivity contribution in [1.82, 2.24) is 0 Å². The quantitative estimate of drug-likeness (QED) is 0.161. The molecule has 0 aliphatic heterocycles. The molecule has 3 heteroatoms. The predicted molar refractivity (Wildman–Crippen MR) is 156 cm³/mol. The van der Waals surface area contributed by atoms with Crippen LogP contribution in [0, 0.1) is 0 Å². The van der Waals surface area contributed by atoms with Crippen molar-refractivity contribution in [1.29, 1.82) is 0 Å². The highest BCUT2D eigenvalue weighted by molar-refractivity contribution is 6.06. The molecule has 0 aliphatic rings. The van der Waals surface area contributed by atoms with Gasteiger partial charge >= 0.3 is 0 Å². The van der Waals surface area contributed by atoms with Crippen LogP contribution in [0.25, 0.3) is 22.8 Å². The molecule has 36 heavy (non-hydrogen) atoms. The fourth-order valence-corrected chi connectivity index (χ4v) is 2.91. The first kappa shape index (κ1) is 31.9. The molecule has 0 radical (unpaired) electrons. The second-order valence-electron chi connectivity index (χ2n) is 7.69. The van der Waals surface area contributed by atoms with E-state index in [1.54, 1.807) is 13.0 Å². The van der Waals surface area contributed by atoms with Gasteiger partial charge in [0, 0.05) is 12.7 Å². The molecule has 1 N–H and O–H groups in total. The highest BCUT2D eigenvalue weighted by Gasteiger charge is 2.02. The molecule has 0 bridgehead atoms. The van der Waals surface area contributed by atoms with E-state index in [0.29, 0.717) is 5.57 Å². The molecule has 0 aliphatic carbocycles. The summed E-state index contributed by atoms with van der Waals surface area (Å²) in [6.45, 7) is 19.1. The Balaban J connectivity index is 0.00000119. The predicted octanol–water partition coefficient (Wildman–Crippen LogP) is 8.02. The number of allylic oxidation sites excluding steroid dienone is 3. The maximum atomic E-state index is 12.3. The Morgan fingerprint density at radius 1 is 0.778 bits per heavy atom. The number of aliphatic hydroxyl groups excluding tert-OH is 1. The maximum absolute atomic E-state index is 12.3. The monoisotopic (exact) mass is 482 g/mol. The van der Waals surface area contributed by atoms with E-state index in [1.807, 2.05) is 49.4 Å². The lowest BCUT2D eigenvalue weighted by Gasteiger charge is -2.05. The summed E-state index contributed by atoms with van der Waals surface area (Å²) < 4.78 is 0. The van der Waals surface area contributed by atoms with Gasteiger partial charge in [0.15, 0.2) is 5.78 Å². The number of hydrogen-bond acceptors (Lipinski definition) is 3. The minimum Gasteiger partial charge on any atom is -0.400 e. The molecule has 0 atom stereocenters. The summed E-state index contributed by atoms with van der Waals surface area (Å²) in [4.78, 5) is 21.7. The van der Waals surface area contributed by atoms with Crippen LogP contribution in [0.5, 0.6) is 0 Å². The van der Waals surface area contributed by atoms with Crippen LogP contribution in [0.1, 0.15) is 47.8 Å². The Morgan fingerprint density at radius 2 is 1.19 bits per heavy atom. The molecule has 3 rings (SSSR count). The molecule has 0 saturated carbocycles. The zero-order valence-electron chi connectivity index (χ0n) is 22.0. The number of rotatable bonds is 7. The SMILES string of the molecule is C=C.C=C(C)C=O.C=C(C)c1ccc(-c2ccc(/C=C\C(=O)c3ccc(CC)cc3)cc2)cc1.CO. The lowest BCUT2D eigenvalue weighted by Crippen LogP contribution is -1.94. The maximum Gasteiger partial charge on any atom is 0.185 e. The van der Waals surface area contributed by atoms with Crippen molar-refractivity contribution < 1.29 is 14.7 Å². The van der Waals surface area contributed by atoms with E-state index in [-0.39, 0.29) is 5.78 Å². The zero-order chi connectivity index (χ0) is 27.5. The molecule has 0 fully saturated rings. The van der Waals surface area contributed by atoms with Crippen LogP contribution in [0.2, 0.25) is 0 Å². The van der Waals surface area contributed by atoms with Gasteiger partial charge < -0.3 is 5.11 Å². The van der Waals surface area contributed by atoms with Crippen LogP contribution in [0.4, 0.5) is 0 Å². The molecule has 3 aromatic carbocycles. The number of benzene rings is 3. The fraction of sp³-hybridized carbons (Fsp3) is 0.152. The molecule has 0 unspecified atom stereocenters. The Hall–Kier alpha value is -4.08. The van der Waals surface area contributed by atoms with Crippen LogP contribution >= 0.6 is 0 Å². The molecule has 0 aromatic heterocycles. The molecule has 3 nitrogen and oxygen atoms in total. The van der Waals surface area contributed by atoms with Crippen LogP contribution in [0.3, 0.4) is 0 Å². The second kappa shape index (κ2) is 18.3. The summed E-state index contributed by atoms with van der Waals surface area (Å²) in [5, 5.41) is 7.00. The molecular formula is C33H38O3. The van der Waals surface area contributed by atoms with Gasteiger partial charge in [0.25, 0.3) is 0 Å². The highest BCUT2D eigenvalue weighted by Crippen LogP contribution is 2.22. The first-order valence-corrected chi connectivity index (χ1v) is 11.6. The third-order valence-corrected chi connectivity index (χ3v) is 4.90. The van der Waals surface area contributed by atoms with Crippen molar-refractivity contribution in [3.63, 3.8) is 0 Å². The minimum absolute atomic E-state index is 0.0251. The Kier molecular flexibility index (Phi) is 16.2. The van der Waals surface area contributed by atoms with Crippen molar-refractivity contribution in [3.05, 3.63) is 133 Å². The largest absolute Gasteiger partial charge is 0.400 e. The Labute approximate surface area is 216 Å². The van der Waals surface area contributed by atoms with E-state index < -0.39 is 0 Å². The summed E-state index contributed by atoms with van der Waals surface area (Å²) in [6.07, 6.45) is 5.20. The number of aliphatic hydroxyl groups is 1. The van der Waals surface area contributed by atoms with E-state index in [0.717, 1.165) is 47.6 Å². The third kappa shape index (κ3) is 11.4. The molecule has 0 heterocycles. The van der Waals surface area contributed by atoms with Crippen molar-refractivity contribution >= 4 is 23.7 Å². The number of carbonyl (C=O) groups excluding carboxylic acids is 2. The number of carbonyl (C=O) groups is 2. The van der Waals surface area contributed by atoms with E-state index in [2.05, 4.69) is 69.6 Å². The molecule has 188 valence electrons. The van der Waals surface area contributed by atoms with Gasteiger partial charge in [-0.1, -0.05) is 105 Å². The van der Waals surface area contributed by atoms with E-state index >= 15 is 0 Å². The standard InChI is InChI=1S/C26H24O.C4H6O.C2H4.CH4O/c1-4-20-5-12-25(13-6-20)26(27)18-9-21-7-10-23(11-8-21)24-16-14-22(15-17-24)19(2)3;1-4(2)3-5;2*1-2/h5-18H,2,4H2,1,3H3;3H,1H2,2H3;1-2H2;2H,1H3/b18-9-;;;. The summed E-state index contributed by atoms with van der Waals surface area (Å²) in [7, 11) is 1.00. The zero-order valence-corrected chi connectivity index (χ0v) is 22.0. The molecule has 0 amide bonds. The van der Waals surface area contributed by atoms with Crippen LogP contribution in [-0.4, -0.2) is 24.3 Å². The highest BCUT2D eigenvalue weighted by atomic mass is 16.2. The van der Waals surface area contributed by atoms with Gasteiger partial charge in [0.2, 0.25) is 0 Å². The van der Waals surface area contributed by atoms with Gasteiger partial charge in [-0.25, -0.2) is 0 Å². The number of aryl methyl sites for hydroxylation is 1. The van der Waals surface area contributed by atoms with Crippen molar-refractivity contribution in [2.24, 2.45) is 0 Å². The summed E-state index contributed by atoms with van der Waals surface area (Å²) in [5.74, 6) is 0.0251. The van der Waals surface area contributed by atoms with Gasteiger partial charge in [0.1, 0.15) is 6.29 Å². The third-order valence-electron chi connectivity index (χ3n) is 4.90. The molecule has 0 spiro atoms. The summed E-state index contributed by atoms with van der Waals surface area (Å²) in [6, 6.07) is 24.4. The van der Waals surface area contributed by atoms with Gasteiger partial charge in [-0.15, -0.1) is 13.2 Å². The van der Waals surface area contributed by atoms with E-state index in [9.17, 15) is 9.59 Å². The summed E-state index contributed by atoms with van der Waals surface area (Å²) in [5.41, 5.74) is 8.09. The van der Waals surface area contributed by atoms with E-state index in [1.165, 1.54) is 11.1 Å². The van der Waals surface area contributed by atoms with E-state index in [4.69, 9.17) is 5.11 Å². The lowest BCUT2D eigenvalue weighted by atomic mass is 10.0. The first-order chi connectivity index (χ1) is 17.3. The van der Waals surface area contributed by atoms with Crippen molar-refractivity contribution in [2.45, 2.75) is 27.2 Å². The average molecular weight is 483 g/mol. The number of ketones is 1. The van der Waals surface area contributed by atoms with Gasteiger partial charge in [-0.05, 0) is 59.7 Å². The first-order valence-electron chi connectivity index (χ1n) is 11.6. The van der Waals surface area contributed by atoms with Gasteiger partial charge in [-0.2, -0.15) is 0 Å². The molecular weight excluding hydrogens is 444 g/mol. The minimum atomic E-state index is 0.0251. The van der Waals surface area contributed by atoms with Crippen LogP contribution in [-0.2, 0) is 11.2 Å². The smallest absolute Gasteiger partial charge is 0.185 e. The molecule has 0 saturated heterocycles. The average Bonchev–Trinajstić information content (AvgIpc) is 2.94. The van der Waals surface area contributed by atoms with Gasteiger partial charge in [-0.3, -0.25) is 9.59 Å². The normalized spacial score (nSPS) is 9.36. The lowest BCUT2D eigenvalue weighted by molar-refractivity contribution is -0.104. The number of aldehydes is 1. The number of hydrogen-bond donors (Lipinski definition) is 1. The Morgan fingerprint density at radius 3 is 1.58 bits per heavy atom. The van der Waals surface area contributed by atoms with Crippen molar-refractivity contribution in [3.8, 4) is 11.1 Å². The van der Waals surface area contributed by atoms with Crippen molar-refractivity contribution in [2.75, 3.05) is 7.11 Å².